The highest BCUT2D eigenvalue weighted by molar-refractivity contribution is 7.98. The van der Waals surface area contributed by atoms with E-state index in [1.165, 1.54) is 11.0 Å². The largest absolute Gasteiger partial charge is 0.354 e. The van der Waals surface area contributed by atoms with Crippen LogP contribution in [0.4, 0.5) is 15.8 Å². The maximum atomic E-state index is 13.1. The first-order valence-corrected chi connectivity index (χ1v) is 6.09. The lowest BCUT2D eigenvalue weighted by molar-refractivity contribution is 0.627. The minimum absolute atomic E-state index is 0.174. The number of fused-ring (bicyclic) bond motifs is 2. The van der Waals surface area contributed by atoms with Gasteiger partial charge in [0.25, 0.3) is 0 Å². The zero-order chi connectivity index (χ0) is 11.0. The molecule has 0 bridgehead atoms. The van der Waals surface area contributed by atoms with E-state index in [-0.39, 0.29) is 5.82 Å². The summed E-state index contributed by atoms with van der Waals surface area (Å²) < 4.78 is 13.1. The van der Waals surface area contributed by atoms with Crippen molar-refractivity contribution in [2.24, 2.45) is 0 Å². The van der Waals surface area contributed by atoms with E-state index in [0.717, 1.165) is 22.7 Å². The van der Waals surface area contributed by atoms with Gasteiger partial charge in [0.2, 0.25) is 0 Å². The standard InChI is InChI=1S/C13H10FNS/c14-10-5-6-11-9(7-10)8-16-13-4-2-1-3-12(13)15-11/h1-7,15H,8H2. The van der Waals surface area contributed by atoms with Crippen molar-refractivity contribution in [3.8, 4) is 0 Å². The van der Waals surface area contributed by atoms with E-state index in [2.05, 4.69) is 11.4 Å². The molecule has 3 rings (SSSR count). The Morgan fingerprint density at radius 3 is 2.88 bits per heavy atom. The summed E-state index contributed by atoms with van der Waals surface area (Å²) >= 11 is 1.73. The average molecular weight is 231 g/mol. The molecular formula is C13H10FNS. The molecule has 0 unspecified atom stereocenters. The molecule has 1 aliphatic rings. The van der Waals surface area contributed by atoms with Gasteiger partial charge in [-0.3, -0.25) is 0 Å². The van der Waals surface area contributed by atoms with E-state index >= 15 is 0 Å². The molecule has 0 radical (unpaired) electrons. The van der Waals surface area contributed by atoms with E-state index < -0.39 is 0 Å². The molecule has 3 heteroatoms. The summed E-state index contributed by atoms with van der Waals surface area (Å²) in [7, 11) is 0. The number of para-hydroxylation sites is 1. The first-order valence-electron chi connectivity index (χ1n) is 5.10. The number of nitrogens with one attached hydrogen (secondary N) is 1. The van der Waals surface area contributed by atoms with Crippen LogP contribution in [0.1, 0.15) is 5.56 Å². The first-order chi connectivity index (χ1) is 7.83. The number of hydrogen-bond acceptors (Lipinski definition) is 2. The third-order valence-electron chi connectivity index (χ3n) is 2.61. The molecule has 0 amide bonds. The van der Waals surface area contributed by atoms with Gasteiger partial charge in [0.05, 0.1) is 5.69 Å². The number of benzene rings is 2. The smallest absolute Gasteiger partial charge is 0.123 e. The maximum absolute atomic E-state index is 13.1. The van der Waals surface area contributed by atoms with Gasteiger partial charge in [-0.1, -0.05) is 12.1 Å². The number of rotatable bonds is 0. The Balaban J connectivity index is 2.08. The van der Waals surface area contributed by atoms with Crippen LogP contribution in [0.5, 0.6) is 0 Å². The summed E-state index contributed by atoms with van der Waals surface area (Å²) in [6.45, 7) is 0. The molecular weight excluding hydrogens is 221 g/mol. The summed E-state index contributed by atoms with van der Waals surface area (Å²) in [4.78, 5) is 1.21. The van der Waals surface area contributed by atoms with Gasteiger partial charge in [0, 0.05) is 16.3 Å². The van der Waals surface area contributed by atoms with E-state index in [1.54, 1.807) is 23.9 Å². The van der Waals surface area contributed by atoms with Crippen molar-refractivity contribution in [3.63, 3.8) is 0 Å². The first kappa shape index (κ1) is 9.73. The van der Waals surface area contributed by atoms with Crippen molar-refractivity contribution in [2.75, 3.05) is 5.32 Å². The Labute approximate surface area is 97.7 Å². The molecule has 2 aromatic carbocycles. The van der Waals surface area contributed by atoms with Gasteiger partial charge in [0.1, 0.15) is 5.82 Å². The quantitative estimate of drug-likeness (QED) is 0.730. The lowest BCUT2D eigenvalue weighted by atomic mass is 10.2. The number of anilines is 2. The van der Waals surface area contributed by atoms with Gasteiger partial charge < -0.3 is 5.32 Å². The zero-order valence-corrected chi connectivity index (χ0v) is 9.35. The Bertz CT molecular complexity index is 539. The third kappa shape index (κ3) is 1.67. The molecule has 1 aliphatic heterocycles. The van der Waals surface area contributed by atoms with Gasteiger partial charge in [-0.15, -0.1) is 11.8 Å². The van der Waals surface area contributed by atoms with Gasteiger partial charge in [-0.05, 0) is 35.9 Å². The van der Waals surface area contributed by atoms with Crippen LogP contribution >= 0.6 is 11.8 Å². The molecule has 0 saturated carbocycles. The Kier molecular flexibility index (Phi) is 2.33. The molecule has 80 valence electrons. The molecule has 0 aliphatic carbocycles. The lowest BCUT2D eigenvalue weighted by Crippen LogP contribution is -1.93. The predicted octanol–water partition coefficient (Wildman–Crippen LogP) is 4.18. The van der Waals surface area contributed by atoms with Crippen molar-refractivity contribution in [1.29, 1.82) is 0 Å². The Hall–Kier alpha value is -1.48. The monoisotopic (exact) mass is 231 g/mol. The van der Waals surface area contributed by atoms with Crippen molar-refractivity contribution in [2.45, 2.75) is 10.6 Å². The summed E-state index contributed by atoms with van der Waals surface area (Å²) in [6, 6.07) is 13.0. The van der Waals surface area contributed by atoms with Crippen molar-refractivity contribution in [1.82, 2.24) is 0 Å². The highest BCUT2D eigenvalue weighted by Gasteiger charge is 2.12. The van der Waals surface area contributed by atoms with Gasteiger partial charge in [0.15, 0.2) is 0 Å². The molecule has 0 spiro atoms. The van der Waals surface area contributed by atoms with Crippen molar-refractivity contribution >= 4 is 23.1 Å². The highest BCUT2D eigenvalue weighted by Crippen LogP contribution is 2.37. The number of hydrogen-bond donors (Lipinski definition) is 1. The van der Waals surface area contributed by atoms with Crippen LogP contribution in [0.25, 0.3) is 0 Å². The minimum Gasteiger partial charge on any atom is -0.354 e. The highest BCUT2D eigenvalue weighted by atomic mass is 32.2. The van der Waals surface area contributed by atoms with E-state index in [9.17, 15) is 4.39 Å². The van der Waals surface area contributed by atoms with E-state index in [1.807, 2.05) is 18.2 Å². The van der Waals surface area contributed by atoms with Crippen LogP contribution in [0.15, 0.2) is 47.4 Å². The van der Waals surface area contributed by atoms with Gasteiger partial charge in [-0.25, -0.2) is 4.39 Å². The summed E-state index contributed by atoms with van der Waals surface area (Å²) in [5.41, 5.74) is 3.11. The maximum Gasteiger partial charge on any atom is 0.123 e. The second-order valence-electron chi connectivity index (χ2n) is 3.71. The molecule has 0 saturated heterocycles. The van der Waals surface area contributed by atoms with Crippen LogP contribution < -0.4 is 5.32 Å². The third-order valence-corrected chi connectivity index (χ3v) is 3.73. The zero-order valence-electron chi connectivity index (χ0n) is 8.53. The molecule has 0 atom stereocenters. The summed E-state index contributed by atoms with van der Waals surface area (Å²) in [5.74, 6) is 0.629. The topological polar surface area (TPSA) is 12.0 Å². The second kappa shape index (κ2) is 3.83. The summed E-state index contributed by atoms with van der Waals surface area (Å²) in [6.07, 6.45) is 0. The summed E-state index contributed by atoms with van der Waals surface area (Å²) in [5, 5.41) is 3.34. The minimum atomic E-state index is -0.174. The Morgan fingerprint density at radius 2 is 1.94 bits per heavy atom. The molecule has 1 heterocycles. The van der Waals surface area contributed by atoms with Crippen molar-refractivity contribution in [3.05, 3.63) is 53.8 Å². The fourth-order valence-corrected chi connectivity index (χ4v) is 2.80. The molecule has 2 aromatic rings. The molecule has 0 fully saturated rings. The molecule has 1 N–H and O–H groups in total. The van der Waals surface area contributed by atoms with Crippen molar-refractivity contribution < 1.29 is 4.39 Å². The van der Waals surface area contributed by atoms with Crippen LogP contribution in [-0.4, -0.2) is 0 Å². The van der Waals surface area contributed by atoms with Gasteiger partial charge in [-0.2, -0.15) is 0 Å². The average Bonchev–Trinajstić information content (AvgIpc) is 2.48. The Morgan fingerprint density at radius 1 is 1.06 bits per heavy atom. The number of halogens is 1. The number of thioether (sulfide) groups is 1. The second-order valence-corrected chi connectivity index (χ2v) is 4.73. The predicted molar refractivity (Wildman–Crippen MR) is 65.7 cm³/mol. The molecule has 16 heavy (non-hydrogen) atoms. The molecule has 1 nitrogen and oxygen atoms in total. The fourth-order valence-electron chi connectivity index (χ4n) is 1.80. The lowest BCUT2D eigenvalue weighted by Gasteiger charge is -2.08. The fraction of sp³-hybridized carbons (Fsp3) is 0.0769. The molecule has 0 aromatic heterocycles. The van der Waals surface area contributed by atoms with Crippen LogP contribution in [0.3, 0.4) is 0 Å². The van der Waals surface area contributed by atoms with Gasteiger partial charge >= 0.3 is 0 Å². The van der Waals surface area contributed by atoms with Crippen LogP contribution in [0.2, 0.25) is 0 Å². The normalized spacial score (nSPS) is 13.3. The SMILES string of the molecule is Fc1ccc2c(c1)CSc1ccccc1N2. The van der Waals surface area contributed by atoms with Crippen LogP contribution in [0, 0.1) is 5.82 Å². The van der Waals surface area contributed by atoms with E-state index in [4.69, 9.17) is 0 Å². The van der Waals surface area contributed by atoms with E-state index in [0.29, 0.717) is 0 Å². The van der Waals surface area contributed by atoms with Crippen LogP contribution in [-0.2, 0) is 5.75 Å².